The zero-order valence-electron chi connectivity index (χ0n) is 12.6. The molecule has 0 aromatic carbocycles. The van der Waals surface area contributed by atoms with Crippen LogP contribution in [0, 0.1) is 5.92 Å². The van der Waals surface area contributed by atoms with Gasteiger partial charge in [0, 0.05) is 17.9 Å². The van der Waals surface area contributed by atoms with Crippen molar-refractivity contribution in [2.45, 2.75) is 65.9 Å². The Hall–Kier alpha value is -1.07. The number of rotatable bonds is 5. The van der Waals surface area contributed by atoms with Crippen LogP contribution in [0.3, 0.4) is 0 Å². The number of aliphatic hydroxyl groups is 1. The smallest absolute Gasteiger partial charge is 0.342 e. The molecule has 1 heterocycles. The van der Waals surface area contributed by atoms with Crippen LogP contribution in [0.4, 0.5) is 0 Å². The molecule has 1 aliphatic carbocycles. The van der Waals surface area contributed by atoms with Gasteiger partial charge in [0.2, 0.25) is 0 Å². The van der Waals surface area contributed by atoms with Crippen molar-refractivity contribution in [2.24, 2.45) is 5.92 Å². The van der Waals surface area contributed by atoms with Gasteiger partial charge >= 0.3 is 5.97 Å². The highest BCUT2D eigenvalue weighted by molar-refractivity contribution is 7.59. The minimum Gasteiger partial charge on any atom is -0.423 e. The highest BCUT2D eigenvalue weighted by Crippen LogP contribution is 2.40. The summed E-state index contributed by atoms with van der Waals surface area (Å²) < 4.78 is 5.25. The van der Waals surface area contributed by atoms with E-state index in [2.05, 4.69) is 6.92 Å². The van der Waals surface area contributed by atoms with Crippen molar-refractivity contribution in [2.75, 3.05) is 0 Å². The molecule has 0 unspecified atom stereocenters. The summed E-state index contributed by atoms with van der Waals surface area (Å²) in [7, 11) is 0. The first-order valence-corrected chi connectivity index (χ1v) is 7.46. The second kappa shape index (κ2) is 9.16. The van der Waals surface area contributed by atoms with Crippen LogP contribution in [0.1, 0.15) is 59.8 Å². The highest BCUT2D eigenvalue weighted by Gasteiger charge is 2.43. The Labute approximate surface area is 140 Å². The van der Waals surface area contributed by atoms with Gasteiger partial charge in [0.15, 0.2) is 0 Å². The predicted molar refractivity (Wildman–Crippen MR) is 91.9 cm³/mol. The molecule has 0 aromatic heterocycles. The van der Waals surface area contributed by atoms with E-state index in [1.54, 1.807) is 0 Å². The molecular formula is C17H28O4S. The van der Waals surface area contributed by atoms with Crippen LogP contribution in [0.15, 0.2) is 23.0 Å². The molecule has 1 N–H and O–H groups in total. The van der Waals surface area contributed by atoms with Crippen LogP contribution in [0.5, 0.6) is 0 Å². The third-order valence-corrected chi connectivity index (χ3v) is 3.96. The van der Waals surface area contributed by atoms with Gasteiger partial charge < -0.3 is 9.84 Å². The van der Waals surface area contributed by atoms with Gasteiger partial charge in [-0.15, -0.1) is 0 Å². The quantitative estimate of drug-likeness (QED) is 0.786. The number of hydrogen-bond acceptors (Lipinski definition) is 4. The molecule has 5 heteroatoms. The summed E-state index contributed by atoms with van der Waals surface area (Å²) >= 11 is 0. The van der Waals surface area contributed by atoms with E-state index in [4.69, 9.17) is 4.74 Å². The molecule has 0 bridgehead atoms. The number of carbonyl (C=O) groups is 2. The molecule has 0 amide bonds. The minimum atomic E-state index is -1.00. The maximum Gasteiger partial charge on any atom is 0.342 e. The monoisotopic (exact) mass is 328 g/mol. The van der Waals surface area contributed by atoms with Crippen molar-refractivity contribution in [3.8, 4) is 0 Å². The summed E-state index contributed by atoms with van der Waals surface area (Å²) in [6, 6.07) is 0. The largest absolute Gasteiger partial charge is 0.423 e. The number of cyclic esters (lactones) is 1. The Morgan fingerprint density at radius 1 is 1.36 bits per heavy atom. The van der Waals surface area contributed by atoms with Gasteiger partial charge in [-0.3, -0.25) is 4.79 Å². The zero-order chi connectivity index (χ0) is 14.7. The molecule has 2 atom stereocenters. The Kier molecular flexibility index (Phi) is 8.71. The van der Waals surface area contributed by atoms with Crippen molar-refractivity contribution >= 4 is 25.2 Å². The second-order valence-corrected chi connectivity index (χ2v) is 5.45. The summed E-state index contributed by atoms with van der Waals surface area (Å²) in [5.41, 5.74) is 1.12. The lowest BCUT2D eigenvalue weighted by Crippen LogP contribution is -2.34. The fraction of sp³-hybridized carbons (Fsp3) is 0.647. The van der Waals surface area contributed by atoms with Gasteiger partial charge in [-0.2, -0.15) is 13.5 Å². The Balaban J connectivity index is 0.00000220. The molecule has 1 aliphatic heterocycles. The van der Waals surface area contributed by atoms with Gasteiger partial charge in [0.25, 0.3) is 0 Å². The van der Waals surface area contributed by atoms with Gasteiger partial charge in [-0.05, 0) is 31.8 Å². The van der Waals surface area contributed by atoms with E-state index in [9.17, 15) is 14.7 Å². The van der Waals surface area contributed by atoms with Gasteiger partial charge in [-0.25, -0.2) is 4.79 Å². The number of allylic oxidation sites excluding steroid dienone is 2. The molecule has 0 saturated carbocycles. The SMILES string of the molecule is C.CCC/C=C1\OC(=O)C2=C1CC[C@H](C(=O)CCC)[C@H]2O.S. The molecular weight excluding hydrogens is 300 g/mol. The van der Waals surface area contributed by atoms with E-state index in [1.165, 1.54) is 0 Å². The summed E-state index contributed by atoms with van der Waals surface area (Å²) in [6.45, 7) is 3.99. The minimum absolute atomic E-state index is 0. The first kappa shape index (κ1) is 20.9. The second-order valence-electron chi connectivity index (χ2n) is 5.45. The number of ether oxygens (including phenoxy) is 1. The summed E-state index contributed by atoms with van der Waals surface area (Å²) in [5, 5.41) is 10.3. The number of esters is 1. The molecule has 0 saturated heterocycles. The Morgan fingerprint density at radius 3 is 2.64 bits per heavy atom. The standard InChI is InChI=1S/C16H22O4.CH4.H2S/c1-3-5-7-13-11-9-8-10(12(17)6-4-2)15(18)14(11)16(19)20-13;;/h7,10,15,18H,3-6,8-9H2,1-2H3;1H4;1H2/b13-7-;;/t10-,15-;;/m1../s1. The maximum atomic E-state index is 12.0. The van der Waals surface area contributed by atoms with Crippen molar-refractivity contribution in [1.82, 2.24) is 0 Å². The molecule has 2 aliphatic rings. The van der Waals surface area contributed by atoms with Gasteiger partial charge in [-0.1, -0.05) is 27.7 Å². The van der Waals surface area contributed by atoms with Crippen molar-refractivity contribution in [3.05, 3.63) is 23.0 Å². The number of hydrogen-bond donors (Lipinski definition) is 1. The first-order valence-electron chi connectivity index (χ1n) is 7.46. The summed E-state index contributed by atoms with van der Waals surface area (Å²) in [6.07, 6.45) is 5.17. The molecule has 0 aromatic rings. The Bertz CT molecular complexity index is 479. The number of Topliss-reactive ketones (excluding diaryl/α,β-unsaturated/α-hetero) is 1. The molecule has 0 fully saturated rings. The average molecular weight is 328 g/mol. The highest BCUT2D eigenvalue weighted by atomic mass is 32.1. The van der Waals surface area contributed by atoms with E-state index < -0.39 is 18.0 Å². The predicted octanol–water partition coefficient (Wildman–Crippen LogP) is 3.41. The van der Waals surface area contributed by atoms with E-state index in [1.807, 2.05) is 13.0 Å². The molecule has 126 valence electrons. The zero-order valence-corrected chi connectivity index (χ0v) is 13.6. The van der Waals surface area contributed by atoms with Crippen LogP contribution < -0.4 is 0 Å². The lowest BCUT2D eigenvalue weighted by atomic mass is 9.78. The third kappa shape index (κ3) is 4.02. The first-order chi connectivity index (χ1) is 9.60. The summed E-state index contributed by atoms with van der Waals surface area (Å²) in [5.74, 6) is -0.298. The van der Waals surface area contributed by atoms with Crippen LogP contribution in [-0.4, -0.2) is 23.0 Å². The third-order valence-electron chi connectivity index (χ3n) is 3.96. The molecule has 22 heavy (non-hydrogen) atoms. The van der Waals surface area contributed by atoms with Crippen LogP contribution >= 0.6 is 13.5 Å². The Morgan fingerprint density at radius 2 is 2.05 bits per heavy atom. The molecule has 4 nitrogen and oxygen atoms in total. The van der Waals surface area contributed by atoms with E-state index in [0.29, 0.717) is 30.6 Å². The van der Waals surface area contributed by atoms with E-state index >= 15 is 0 Å². The molecule has 2 rings (SSSR count). The normalized spacial score (nSPS) is 25.2. The van der Waals surface area contributed by atoms with Crippen molar-refractivity contribution in [3.63, 3.8) is 0 Å². The fourth-order valence-electron chi connectivity index (χ4n) is 2.90. The lowest BCUT2D eigenvalue weighted by molar-refractivity contribution is -0.135. The fourth-order valence-corrected chi connectivity index (χ4v) is 2.90. The number of unbranched alkanes of at least 4 members (excludes halogenated alkanes) is 1. The number of aliphatic hydroxyl groups excluding tert-OH is 1. The summed E-state index contributed by atoms with van der Waals surface area (Å²) in [4.78, 5) is 23.9. The van der Waals surface area contributed by atoms with Gasteiger partial charge in [0.05, 0.1) is 11.7 Å². The van der Waals surface area contributed by atoms with E-state index in [-0.39, 0.29) is 26.7 Å². The van der Waals surface area contributed by atoms with Crippen molar-refractivity contribution < 1.29 is 19.4 Å². The molecule has 0 spiro atoms. The average Bonchev–Trinajstić information content (AvgIpc) is 2.74. The van der Waals surface area contributed by atoms with Crippen LogP contribution in [-0.2, 0) is 14.3 Å². The van der Waals surface area contributed by atoms with E-state index in [0.717, 1.165) is 24.8 Å². The maximum absolute atomic E-state index is 12.0. The number of ketones is 1. The van der Waals surface area contributed by atoms with Crippen molar-refractivity contribution in [1.29, 1.82) is 0 Å². The molecule has 0 radical (unpaired) electrons. The van der Waals surface area contributed by atoms with Crippen LogP contribution in [0.25, 0.3) is 0 Å². The van der Waals surface area contributed by atoms with Gasteiger partial charge in [0.1, 0.15) is 11.5 Å². The van der Waals surface area contributed by atoms with Crippen LogP contribution in [0.2, 0.25) is 0 Å². The number of carbonyl (C=O) groups excluding carboxylic acids is 2. The lowest BCUT2D eigenvalue weighted by Gasteiger charge is -2.26. The topological polar surface area (TPSA) is 63.6 Å².